The van der Waals surface area contributed by atoms with E-state index in [0.717, 1.165) is 6.54 Å². The molecule has 0 saturated heterocycles. The second-order valence-corrected chi connectivity index (χ2v) is 8.01. The van der Waals surface area contributed by atoms with Crippen molar-refractivity contribution < 1.29 is 17.3 Å². The van der Waals surface area contributed by atoms with Gasteiger partial charge < -0.3 is 17.3 Å². The zero-order chi connectivity index (χ0) is 18.2. The number of halogens is 4. The van der Waals surface area contributed by atoms with Crippen LogP contribution in [-0.2, 0) is 11.1 Å². The second kappa shape index (κ2) is 6.79. The van der Waals surface area contributed by atoms with Gasteiger partial charge in [-0.15, -0.1) is 0 Å². The molecule has 4 rings (SSSR count). The van der Waals surface area contributed by atoms with Crippen molar-refractivity contribution >= 4 is 24.0 Å². The van der Waals surface area contributed by atoms with Crippen molar-refractivity contribution in [2.45, 2.75) is 18.7 Å². The highest BCUT2D eigenvalue weighted by molar-refractivity contribution is 7.98. The summed E-state index contributed by atoms with van der Waals surface area (Å²) in [5, 5.41) is 0. The maximum absolute atomic E-state index is 9.75. The molecule has 0 saturated carbocycles. The molecule has 0 bridgehead atoms. The Bertz CT molecular complexity index is 751. The molecule has 0 aromatic heterocycles. The van der Waals surface area contributed by atoms with E-state index in [0.29, 0.717) is 0 Å². The monoisotopic (exact) mass is 367 g/mol. The van der Waals surface area contributed by atoms with Gasteiger partial charge in [-0.05, 0) is 43.2 Å². The summed E-state index contributed by atoms with van der Waals surface area (Å²) in [7, 11) is -6.00. The van der Waals surface area contributed by atoms with Crippen LogP contribution in [0.3, 0.4) is 0 Å². The van der Waals surface area contributed by atoms with Crippen LogP contribution >= 0.6 is 0 Å². The van der Waals surface area contributed by atoms with E-state index in [1.54, 1.807) is 5.57 Å². The molecule has 1 atom stereocenters. The van der Waals surface area contributed by atoms with E-state index in [9.17, 15) is 17.3 Å². The minimum absolute atomic E-state index is 0.186. The number of hydrogen-bond acceptors (Lipinski definition) is 1. The molecule has 1 unspecified atom stereocenters. The summed E-state index contributed by atoms with van der Waals surface area (Å²) in [6, 6.07) is 17.8. The predicted molar refractivity (Wildman–Crippen MR) is 98.3 cm³/mol. The number of benzene rings is 2. The van der Waals surface area contributed by atoms with Gasteiger partial charge in [0.1, 0.15) is 11.1 Å². The Hall–Kier alpha value is -1.89. The maximum Gasteiger partial charge on any atom is 0.673 e. The van der Waals surface area contributed by atoms with Crippen LogP contribution in [0.15, 0.2) is 64.6 Å². The molecule has 0 radical (unpaired) electrons. The quantitative estimate of drug-likeness (QED) is 0.249. The van der Waals surface area contributed by atoms with Crippen LogP contribution in [0.25, 0.3) is 11.1 Å². The van der Waals surface area contributed by atoms with Gasteiger partial charge in [0.25, 0.3) is 0 Å². The van der Waals surface area contributed by atoms with Gasteiger partial charge in [-0.25, -0.2) is 0 Å². The highest BCUT2D eigenvalue weighted by atomic mass is 32.2. The number of fused-ring (bicyclic) bond motifs is 6. The lowest BCUT2D eigenvalue weighted by Crippen LogP contribution is -2.41. The standard InChI is InChI=1S/C18H18NS.BF4/c1-13-11-19-17-9-5-3-7-15(17)16-8-4-6-10-18(16)20(19)12-14(13)2;2-1(3,4)5/h3-10H,11-12H2,1-2H3;/q+1;-1. The average molecular weight is 367 g/mol. The van der Waals surface area contributed by atoms with Gasteiger partial charge in [-0.1, -0.05) is 30.3 Å². The number of hydrogen-bond donors (Lipinski definition) is 0. The molecular formula is C18H18BF4NS. The van der Waals surface area contributed by atoms with Crippen molar-refractivity contribution in [1.82, 2.24) is 0 Å². The summed E-state index contributed by atoms with van der Waals surface area (Å²) >= 11 is 0.186. The molecule has 2 aromatic rings. The van der Waals surface area contributed by atoms with Crippen molar-refractivity contribution in [3.63, 3.8) is 0 Å². The minimum Gasteiger partial charge on any atom is -0.418 e. The summed E-state index contributed by atoms with van der Waals surface area (Å²) in [6.45, 7) is 5.64. The van der Waals surface area contributed by atoms with Crippen LogP contribution < -0.4 is 4.31 Å². The van der Waals surface area contributed by atoms with Crippen LogP contribution in [0.5, 0.6) is 0 Å². The Labute approximate surface area is 147 Å². The molecule has 0 aliphatic carbocycles. The summed E-state index contributed by atoms with van der Waals surface area (Å²) in [4.78, 5) is 1.51. The molecule has 0 amide bonds. The molecule has 0 N–H and O–H groups in total. The summed E-state index contributed by atoms with van der Waals surface area (Å²) in [5.74, 6) is 1.18. The Kier molecular flexibility index (Phi) is 4.87. The number of nitrogens with zero attached hydrogens (tertiary/aromatic N) is 1. The summed E-state index contributed by atoms with van der Waals surface area (Å²) in [5.41, 5.74) is 7.32. The lowest BCUT2D eigenvalue weighted by molar-refractivity contribution is 0.368. The van der Waals surface area contributed by atoms with Crippen LogP contribution in [0.1, 0.15) is 13.8 Å². The third-order valence-corrected chi connectivity index (χ3v) is 6.76. The van der Waals surface area contributed by atoms with E-state index in [2.05, 4.69) is 66.7 Å². The Morgan fingerprint density at radius 1 is 0.840 bits per heavy atom. The average Bonchev–Trinajstić information content (AvgIpc) is 2.55. The molecule has 2 aromatic carbocycles. The predicted octanol–water partition coefficient (Wildman–Crippen LogP) is 5.72. The van der Waals surface area contributed by atoms with Crippen molar-refractivity contribution in [2.75, 3.05) is 16.6 Å². The number of rotatable bonds is 0. The molecule has 0 spiro atoms. The van der Waals surface area contributed by atoms with Crippen molar-refractivity contribution in [3.8, 4) is 11.1 Å². The van der Waals surface area contributed by atoms with Gasteiger partial charge in [-0.2, -0.15) is 4.31 Å². The third kappa shape index (κ3) is 3.87. The topological polar surface area (TPSA) is 3.24 Å². The fourth-order valence-electron chi connectivity index (χ4n) is 3.05. The fraction of sp³-hybridized carbons (Fsp3) is 0.222. The van der Waals surface area contributed by atoms with Crippen LogP contribution in [-0.4, -0.2) is 19.6 Å². The molecule has 132 valence electrons. The second-order valence-electron chi connectivity index (χ2n) is 6.11. The first-order valence-corrected chi connectivity index (χ1v) is 9.30. The Morgan fingerprint density at radius 3 is 2.08 bits per heavy atom. The van der Waals surface area contributed by atoms with Crippen LogP contribution in [0.2, 0.25) is 0 Å². The molecular weight excluding hydrogens is 349 g/mol. The van der Waals surface area contributed by atoms with E-state index in [1.165, 1.54) is 33.0 Å². The summed E-state index contributed by atoms with van der Waals surface area (Å²) in [6.07, 6.45) is 0. The Balaban J connectivity index is 0.000000324. The lowest BCUT2D eigenvalue weighted by Gasteiger charge is -2.34. The first kappa shape index (κ1) is 17.9. The smallest absolute Gasteiger partial charge is 0.418 e. The van der Waals surface area contributed by atoms with Gasteiger partial charge in [0.05, 0.1) is 12.2 Å². The Morgan fingerprint density at radius 2 is 1.40 bits per heavy atom. The van der Waals surface area contributed by atoms with E-state index in [4.69, 9.17) is 0 Å². The highest BCUT2D eigenvalue weighted by Crippen LogP contribution is 2.45. The summed E-state index contributed by atoms with van der Waals surface area (Å²) < 4.78 is 41.6. The first-order chi connectivity index (χ1) is 11.8. The molecule has 2 heterocycles. The van der Waals surface area contributed by atoms with Crippen molar-refractivity contribution in [1.29, 1.82) is 0 Å². The normalized spacial score (nSPS) is 18.6. The van der Waals surface area contributed by atoms with Crippen LogP contribution in [0.4, 0.5) is 23.0 Å². The first-order valence-electron chi connectivity index (χ1n) is 7.95. The van der Waals surface area contributed by atoms with Crippen molar-refractivity contribution in [2.24, 2.45) is 0 Å². The van der Waals surface area contributed by atoms with Crippen molar-refractivity contribution in [3.05, 3.63) is 59.7 Å². The highest BCUT2D eigenvalue weighted by Gasteiger charge is 2.42. The lowest BCUT2D eigenvalue weighted by atomic mass is 10.0. The van der Waals surface area contributed by atoms with Gasteiger partial charge in [0.2, 0.25) is 0 Å². The van der Waals surface area contributed by atoms with Gasteiger partial charge in [0.15, 0.2) is 10.6 Å². The zero-order valence-electron chi connectivity index (χ0n) is 14.0. The molecule has 7 heteroatoms. The number of anilines is 1. The molecule has 25 heavy (non-hydrogen) atoms. The fourth-order valence-corrected chi connectivity index (χ4v) is 5.67. The number of para-hydroxylation sites is 1. The zero-order valence-corrected chi connectivity index (χ0v) is 14.8. The minimum atomic E-state index is -6.00. The van der Waals surface area contributed by atoms with Gasteiger partial charge >= 0.3 is 7.25 Å². The molecule has 0 fully saturated rings. The van der Waals surface area contributed by atoms with Gasteiger partial charge in [-0.3, -0.25) is 0 Å². The molecule has 2 aliphatic heterocycles. The van der Waals surface area contributed by atoms with E-state index in [1.807, 2.05) is 0 Å². The SMILES string of the molecule is CC1=C(C)C[S+]2c3ccccc3-c3ccccc3N2C1.F[B-](F)(F)F. The molecule has 2 aliphatic rings. The maximum atomic E-state index is 9.75. The van der Waals surface area contributed by atoms with E-state index < -0.39 is 7.25 Å². The van der Waals surface area contributed by atoms with Gasteiger partial charge in [0, 0.05) is 11.1 Å². The third-order valence-electron chi connectivity index (χ3n) is 4.33. The van der Waals surface area contributed by atoms with E-state index >= 15 is 0 Å². The molecule has 1 nitrogen and oxygen atoms in total. The van der Waals surface area contributed by atoms with Crippen LogP contribution in [0, 0.1) is 0 Å². The van der Waals surface area contributed by atoms with E-state index in [-0.39, 0.29) is 11.1 Å². The largest absolute Gasteiger partial charge is 0.673 e.